The third-order valence-electron chi connectivity index (χ3n) is 4.22. The van der Waals surface area contributed by atoms with Crippen LogP contribution in [0, 0.1) is 5.41 Å². The molecule has 6 nitrogen and oxygen atoms in total. The maximum Gasteiger partial charge on any atom is 0.191 e. The highest BCUT2D eigenvalue weighted by Gasteiger charge is 2.42. The van der Waals surface area contributed by atoms with E-state index in [1.54, 1.807) is 17.6 Å². The molecule has 2 N–H and O–H groups in total. The number of nitrogens with zero attached hydrogens (tertiary/aromatic N) is 3. The van der Waals surface area contributed by atoms with Crippen molar-refractivity contribution in [3.63, 3.8) is 0 Å². The molecule has 2 aromatic heterocycles. The minimum Gasteiger partial charge on any atom is -0.396 e. The van der Waals surface area contributed by atoms with Gasteiger partial charge in [0.1, 0.15) is 0 Å². The summed E-state index contributed by atoms with van der Waals surface area (Å²) < 4.78 is 1.67. The Labute approximate surface area is 128 Å². The number of allylic oxidation sites excluding steroid dienone is 1. The summed E-state index contributed by atoms with van der Waals surface area (Å²) in [7, 11) is 0. The molecular weight excluding hydrogens is 282 g/mol. The largest absolute Gasteiger partial charge is 0.396 e. The third-order valence-corrected chi connectivity index (χ3v) is 4.22. The zero-order valence-corrected chi connectivity index (χ0v) is 12.5. The zero-order chi connectivity index (χ0) is 15.9. The average molecular weight is 301 g/mol. The second-order valence-electron chi connectivity index (χ2n) is 6.06. The number of aliphatic hydroxyl groups is 2. The second kappa shape index (κ2) is 5.23. The Balaban J connectivity index is 1.87. The molecule has 116 valence electrons. The number of ketones is 1. The second-order valence-corrected chi connectivity index (χ2v) is 6.06. The predicted octanol–water partition coefficient (Wildman–Crippen LogP) is 0.884. The van der Waals surface area contributed by atoms with Gasteiger partial charge in [0.25, 0.3) is 0 Å². The Morgan fingerprint density at radius 2 is 2.05 bits per heavy atom. The van der Waals surface area contributed by atoms with Crippen LogP contribution in [0.15, 0.2) is 36.7 Å². The van der Waals surface area contributed by atoms with Crippen molar-refractivity contribution in [3.8, 4) is 0 Å². The van der Waals surface area contributed by atoms with E-state index in [-0.39, 0.29) is 19.0 Å². The Morgan fingerprint density at radius 3 is 2.64 bits per heavy atom. The molecule has 1 aliphatic heterocycles. The van der Waals surface area contributed by atoms with Gasteiger partial charge in [0, 0.05) is 13.1 Å². The molecule has 1 aliphatic rings. The fourth-order valence-corrected chi connectivity index (χ4v) is 2.76. The van der Waals surface area contributed by atoms with Crippen LogP contribution < -0.4 is 4.90 Å². The molecule has 2 aromatic rings. The van der Waals surface area contributed by atoms with Crippen LogP contribution >= 0.6 is 0 Å². The summed E-state index contributed by atoms with van der Waals surface area (Å²) in [6.07, 6.45) is 3.40. The van der Waals surface area contributed by atoms with Crippen molar-refractivity contribution in [2.45, 2.75) is 6.92 Å². The minimum atomic E-state index is -0.417. The van der Waals surface area contributed by atoms with Crippen molar-refractivity contribution in [2.75, 3.05) is 31.2 Å². The normalized spacial score (nSPS) is 16.6. The maximum absolute atomic E-state index is 12.0. The highest BCUT2D eigenvalue weighted by Crippen LogP contribution is 2.34. The van der Waals surface area contributed by atoms with E-state index < -0.39 is 5.41 Å². The van der Waals surface area contributed by atoms with E-state index in [1.807, 2.05) is 18.3 Å². The maximum atomic E-state index is 12.0. The first kappa shape index (κ1) is 14.7. The summed E-state index contributed by atoms with van der Waals surface area (Å²) in [5, 5.41) is 22.9. The lowest BCUT2D eigenvalue weighted by atomic mass is 9.81. The van der Waals surface area contributed by atoms with Crippen LogP contribution in [0.4, 0.5) is 5.69 Å². The number of aliphatic hydroxyl groups excluding tert-OH is 2. The molecule has 3 rings (SSSR count). The number of hydrogen-bond donors (Lipinski definition) is 2. The molecule has 0 aromatic carbocycles. The summed E-state index contributed by atoms with van der Waals surface area (Å²) in [6.45, 7) is 6.51. The SMILES string of the molecule is C=C(C)C(=O)c1cnn2cc(N3CC(CO)(CO)C3)ccc12. The van der Waals surface area contributed by atoms with Crippen molar-refractivity contribution in [1.29, 1.82) is 0 Å². The number of carbonyl (C=O) groups excluding carboxylic acids is 1. The first-order valence-corrected chi connectivity index (χ1v) is 7.14. The smallest absolute Gasteiger partial charge is 0.191 e. The van der Waals surface area contributed by atoms with E-state index in [4.69, 9.17) is 0 Å². The van der Waals surface area contributed by atoms with Gasteiger partial charge in [0.05, 0.1) is 47.8 Å². The average Bonchev–Trinajstić information content (AvgIpc) is 2.89. The van der Waals surface area contributed by atoms with E-state index in [0.29, 0.717) is 24.2 Å². The standard InChI is InChI=1S/C16H19N3O3/c1-11(2)15(22)13-5-17-19-6-12(3-4-14(13)19)18-7-16(8-18,9-20)10-21/h3-6,20-21H,1,7-10H2,2H3. The van der Waals surface area contributed by atoms with Gasteiger partial charge in [-0.25, -0.2) is 4.52 Å². The van der Waals surface area contributed by atoms with Gasteiger partial charge in [-0.2, -0.15) is 5.10 Å². The van der Waals surface area contributed by atoms with Gasteiger partial charge in [-0.3, -0.25) is 4.79 Å². The number of anilines is 1. The predicted molar refractivity (Wildman–Crippen MR) is 83.2 cm³/mol. The monoisotopic (exact) mass is 301 g/mol. The third kappa shape index (κ3) is 2.20. The Morgan fingerprint density at radius 1 is 1.36 bits per heavy atom. The van der Waals surface area contributed by atoms with Gasteiger partial charge < -0.3 is 15.1 Å². The molecule has 0 aliphatic carbocycles. The van der Waals surface area contributed by atoms with Gasteiger partial charge >= 0.3 is 0 Å². The molecule has 0 bridgehead atoms. The van der Waals surface area contributed by atoms with E-state index >= 15 is 0 Å². The number of hydrogen-bond acceptors (Lipinski definition) is 5. The molecule has 1 saturated heterocycles. The van der Waals surface area contributed by atoms with Crippen LogP contribution in [0.3, 0.4) is 0 Å². The molecule has 0 radical (unpaired) electrons. The van der Waals surface area contributed by atoms with Gasteiger partial charge in [0.2, 0.25) is 0 Å². The van der Waals surface area contributed by atoms with Gasteiger partial charge in [0.15, 0.2) is 5.78 Å². The van der Waals surface area contributed by atoms with Crippen LogP contribution in [0.25, 0.3) is 5.52 Å². The number of fused-ring (bicyclic) bond motifs is 1. The Bertz CT molecular complexity index is 738. The lowest BCUT2D eigenvalue weighted by Crippen LogP contribution is -2.60. The summed E-state index contributed by atoms with van der Waals surface area (Å²) in [5.74, 6) is -0.105. The van der Waals surface area contributed by atoms with Crippen molar-refractivity contribution in [2.24, 2.45) is 5.41 Å². The highest BCUT2D eigenvalue weighted by molar-refractivity contribution is 6.12. The quantitative estimate of drug-likeness (QED) is 0.633. The molecule has 0 amide bonds. The zero-order valence-electron chi connectivity index (χ0n) is 12.5. The summed E-state index contributed by atoms with van der Waals surface area (Å²) >= 11 is 0. The first-order valence-electron chi connectivity index (χ1n) is 7.14. The number of Topliss-reactive ketones (excluding diaryl/α,β-unsaturated/α-hetero) is 1. The van der Waals surface area contributed by atoms with Gasteiger partial charge in [-0.1, -0.05) is 6.58 Å². The molecule has 0 atom stereocenters. The summed E-state index contributed by atoms with van der Waals surface area (Å²) in [4.78, 5) is 14.1. The highest BCUT2D eigenvalue weighted by atomic mass is 16.3. The topological polar surface area (TPSA) is 78.1 Å². The first-order chi connectivity index (χ1) is 10.5. The molecule has 0 saturated carbocycles. The Kier molecular flexibility index (Phi) is 3.50. The fraction of sp³-hybridized carbons (Fsp3) is 0.375. The van der Waals surface area contributed by atoms with Crippen molar-refractivity contribution >= 4 is 17.0 Å². The van der Waals surface area contributed by atoms with Gasteiger partial charge in [-0.05, 0) is 24.6 Å². The molecule has 3 heterocycles. The van der Waals surface area contributed by atoms with Crippen molar-refractivity contribution in [3.05, 3.63) is 42.2 Å². The van der Waals surface area contributed by atoms with Crippen LogP contribution in [-0.2, 0) is 0 Å². The van der Waals surface area contributed by atoms with E-state index in [2.05, 4.69) is 16.6 Å². The van der Waals surface area contributed by atoms with Gasteiger partial charge in [-0.15, -0.1) is 0 Å². The molecule has 0 spiro atoms. The molecular formula is C16H19N3O3. The van der Waals surface area contributed by atoms with Crippen LogP contribution in [-0.4, -0.2) is 51.9 Å². The van der Waals surface area contributed by atoms with E-state index in [0.717, 1.165) is 11.2 Å². The number of pyridine rings is 1. The lowest BCUT2D eigenvalue weighted by molar-refractivity contribution is 0.0306. The molecule has 0 unspecified atom stereocenters. The molecule has 22 heavy (non-hydrogen) atoms. The van der Waals surface area contributed by atoms with Crippen molar-refractivity contribution in [1.82, 2.24) is 9.61 Å². The van der Waals surface area contributed by atoms with Crippen LogP contribution in [0.2, 0.25) is 0 Å². The molecule has 1 fully saturated rings. The van der Waals surface area contributed by atoms with E-state index in [1.165, 1.54) is 0 Å². The van der Waals surface area contributed by atoms with Crippen LogP contribution in [0.5, 0.6) is 0 Å². The fourth-order valence-electron chi connectivity index (χ4n) is 2.76. The number of rotatable bonds is 5. The number of carbonyl (C=O) groups is 1. The summed E-state index contributed by atoms with van der Waals surface area (Å²) in [6, 6.07) is 3.78. The van der Waals surface area contributed by atoms with E-state index in [9.17, 15) is 15.0 Å². The van der Waals surface area contributed by atoms with Crippen molar-refractivity contribution < 1.29 is 15.0 Å². The Hall–Kier alpha value is -2.18. The lowest BCUT2D eigenvalue weighted by Gasteiger charge is -2.49. The van der Waals surface area contributed by atoms with Crippen LogP contribution in [0.1, 0.15) is 17.3 Å². The minimum absolute atomic E-state index is 0.0265. The molecule has 6 heteroatoms. The number of aromatic nitrogens is 2. The summed E-state index contributed by atoms with van der Waals surface area (Å²) in [5.41, 5.74) is 2.30.